The first-order chi connectivity index (χ1) is 11.6. The van der Waals surface area contributed by atoms with Crippen LogP contribution in [0.4, 0.5) is 5.95 Å². The van der Waals surface area contributed by atoms with E-state index in [0.29, 0.717) is 30.2 Å². The summed E-state index contributed by atoms with van der Waals surface area (Å²) in [5.74, 6) is 0.562. The van der Waals surface area contributed by atoms with Crippen molar-refractivity contribution in [3.63, 3.8) is 0 Å². The fourth-order valence-electron chi connectivity index (χ4n) is 2.66. The van der Waals surface area contributed by atoms with Crippen molar-refractivity contribution in [1.29, 1.82) is 0 Å². The molecule has 128 valence electrons. The molecule has 1 aliphatic rings. The zero-order valence-electron chi connectivity index (χ0n) is 14.1. The summed E-state index contributed by atoms with van der Waals surface area (Å²) in [6.07, 6.45) is 5.73. The molecule has 0 atom stereocenters. The van der Waals surface area contributed by atoms with E-state index in [1.165, 1.54) is 0 Å². The smallest absolute Gasteiger partial charge is 0.254 e. The lowest BCUT2D eigenvalue weighted by Crippen LogP contribution is -2.45. The highest BCUT2D eigenvalue weighted by molar-refractivity contribution is 5.94. The number of rotatable bonds is 5. The lowest BCUT2D eigenvalue weighted by atomic mass is 10.2. The largest absolute Gasteiger partial charge is 0.352 e. The van der Waals surface area contributed by atoms with E-state index in [2.05, 4.69) is 42.1 Å². The van der Waals surface area contributed by atoms with Crippen molar-refractivity contribution in [3.05, 3.63) is 35.7 Å². The molecule has 2 N–H and O–H groups in total. The van der Waals surface area contributed by atoms with Crippen LogP contribution >= 0.6 is 0 Å². The lowest BCUT2D eigenvalue weighted by molar-refractivity contribution is 0.0952. The van der Waals surface area contributed by atoms with Crippen molar-refractivity contribution in [2.75, 3.05) is 44.7 Å². The highest BCUT2D eigenvalue weighted by atomic mass is 16.1. The number of aromatic amines is 1. The second-order valence-electron chi connectivity index (χ2n) is 6.04. The van der Waals surface area contributed by atoms with Crippen LogP contribution in [0.25, 0.3) is 0 Å². The number of hydrogen-bond donors (Lipinski definition) is 2. The maximum absolute atomic E-state index is 12.3. The van der Waals surface area contributed by atoms with Gasteiger partial charge in [0.25, 0.3) is 5.91 Å². The molecule has 1 amide bonds. The van der Waals surface area contributed by atoms with Gasteiger partial charge >= 0.3 is 0 Å². The molecule has 3 rings (SSSR count). The fourth-order valence-corrected chi connectivity index (χ4v) is 2.66. The number of aromatic nitrogens is 4. The maximum atomic E-state index is 12.3. The number of nitrogens with one attached hydrogen (secondary N) is 2. The van der Waals surface area contributed by atoms with Crippen molar-refractivity contribution in [2.45, 2.75) is 13.3 Å². The Morgan fingerprint density at radius 1 is 1.29 bits per heavy atom. The van der Waals surface area contributed by atoms with E-state index in [9.17, 15) is 4.79 Å². The van der Waals surface area contributed by atoms with Crippen LogP contribution in [0.5, 0.6) is 0 Å². The number of carbonyl (C=O) groups is 1. The number of likely N-dealkylation sites (N-methyl/N-ethyl adjacent to an activating group) is 1. The van der Waals surface area contributed by atoms with Crippen molar-refractivity contribution in [1.82, 2.24) is 30.2 Å². The molecule has 1 fully saturated rings. The van der Waals surface area contributed by atoms with Crippen molar-refractivity contribution in [3.8, 4) is 0 Å². The molecule has 1 saturated heterocycles. The summed E-state index contributed by atoms with van der Waals surface area (Å²) in [7, 11) is 2.11. The molecule has 8 nitrogen and oxygen atoms in total. The van der Waals surface area contributed by atoms with Gasteiger partial charge in [-0.25, -0.2) is 15.0 Å². The lowest BCUT2D eigenvalue weighted by Gasteiger charge is -2.32. The molecular formula is C16H23N7O. The Labute approximate surface area is 141 Å². The van der Waals surface area contributed by atoms with Crippen LogP contribution < -0.4 is 10.2 Å². The van der Waals surface area contributed by atoms with Gasteiger partial charge < -0.3 is 20.1 Å². The van der Waals surface area contributed by atoms with Gasteiger partial charge in [0.15, 0.2) is 0 Å². The molecule has 2 aromatic rings. The van der Waals surface area contributed by atoms with Gasteiger partial charge in [0, 0.05) is 57.2 Å². The highest BCUT2D eigenvalue weighted by Gasteiger charge is 2.18. The van der Waals surface area contributed by atoms with E-state index < -0.39 is 0 Å². The number of imidazole rings is 1. The van der Waals surface area contributed by atoms with Crippen molar-refractivity contribution in [2.24, 2.45) is 0 Å². The van der Waals surface area contributed by atoms with Gasteiger partial charge in [-0.3, -0.25) is 4.79 Å². The van der Waals surface area contributed by atoms with Crippen LogP contribution in [0.15, 0.2) is 18.7 Å². The Balaban J connectivity index is 1.58. The van der Waals surface area contributed by atoms with E-state index in [1.54, 1.807) is 18.7 Å². The SMILES string of the molecule is Cc1nc(N2CCN(C)CC2)ncc1C(=O)NCCc1cnc[nH]1. The zero-order chi connectivity index (χ0) is 16.9. The Kier molecular flexibility index (Phi) is 5.05. The average molecular weight is 329 g/mol. The number of anilines is 1. The van der Waals surface area contributed by atoms with E-state index >= 15 is 0 Å². The van der Waals surface area contributed by atoms with Gasteiger partial charge in [0.05, 0.1) is 17.6 Å². The first-order valence-corrected chi connectivity index (χ1v) is 8.16. The van der Waals surface area contributed by atoms with E-state index in [4.69, 9.17) is 0 Å². The van der Waals surface area contributed by atoms with Crippen LogP contribution in [0.2, 0.25) is 0 Å². The summed E-state index contributed by atoms with van der Waals surface area (Å²) in [5.41, 5.74) is 2.23. The molecule has 2 aromatic heterocycles. The summed E-state index contributed by atoms with van der Waals surface area (Å²) < 4.78 is 0. The van der Waals surface area contributed by atoms with Gasteiger partial charge in [-0.2, -0.15) is 0 Å². The molecule has 0 unspecified atom stereocenters. The van der Waals surface area contributed by atoms with Crippen LogP contribution in [-0.4, -0.2) is 70.5 Å². The monoisotopic (exact) mass is 329 g/mol. The summed E-state index contributed by atoms with van der Waals surface area (Å²) in [6.45, 7) is 6.21. The average Bonchev–Trinajstić information content (AvgIpc) is 3.08. The Bertz CT molecular complexity index is 678. The molecule has 0 aliphatic carbocycles. The minimum atomic E-state index is -0.142. The van der Waals surface area contributed by atoms with Crippen LogP contribution in [0, 0.1) is 6.92 Å². The van der Waals surface area contributed by atoms with Crippen LogP contribution in [-0.2, 0) is 6.42 Å². The molecule has 0 bridgehead atoms. The van der Waals surface area contributed by atoms with E-state index in [-0.39, 0.29) is 5.91 Å². The molecule has 24 heavy (non-hydrogen) atoms. The standard InChI is InChI=1S/C16H23N7O/c1-12-14(15(24)18-4-3-13-9-17-11-20-13)10-19-16(21-12)23-7-5-22(2)6-8-23/h9-11H,3-8H2,1-2H3,(H,17,20)(H,18,24). The van der Waals surface area contributed by atoms with E-state index in [0.717, 1.165) is 31.9 Å². The van der Waals surface area contributed by atoms with E-state index in [1.807, 2.05) is 6.92 Å². The first kappa shape index (κ1) is 16.4. The van der Waals surface area contributed by atoms with Crippen LogP contribution in [0.1, 0.15) is 21.7 Å². The minimum absolute atomic E-state index is 0.142. The van der Waals surface area contributed by atoms with Gasteiger partial charge in [0.1, 0.15) is 0 Å². The predicted octanol–water partition coefficient (Wildman–Crippen LogP) is 0.232. The number of H-pyrrole nitrogens is 1. The molecule has 8 heteroatoms. The predicted molar refractivity (Wildman–Crippen MR) is 91.1 cm³/mol. The third-order valence-electron chi connectivity index (χ3n) is 4.23. The van der Waals surface area contributed by atoms with Gasteiger partial charge in [0.2, 0.25) is 5.95 Å². The Morgan fingerprint density at radius 3 is 2.75 bits per heavy atom. The summed E-state index contributed by atoms with van der Waals surface area (Å²) in [4.78, 5) is 32.6. The number of amides is 1. The number of nitrogens with zero attached hydrogens (tertiary/aromatic N) is 5. The Morgan fingerprint density at radius 2 is 2.08 bits per heavy atom. The third-order valence-corrected chi connectivity index (χ3v) is 4.23. The third kappa shape index (κ3) is 3.88. The first-order valence-electron chi connectivity index (χ1n) is 8.16. The summed E-state index contributed by atoms with van der Waals surface area (Å²) in [6, 6.07) is 0. The highest BCUT2D eigenvalue weighted by Crippen LogP contribution is 2.13. The molecular weight excluding hydrogens is 306 g/mol. The number of carbonyl (C=O) groups excluding carboxylic acids is 1. The number of piperazine rings is 1. The minimum Gasteiger partial charge on any atom is -0.352 e. The summed E-state index contributed by atoms with van der Waals surface area (Å²) in [5, 5.41) is 2.90. The molecule has 0 spiro atoms. The van der Waals surface area contributed by atoms with Crippen LogP contribution in [0.3, 0.4) is 0 Å². The second-order valence-corrected chi connectivity index (χ2v) is 6.04. The maximum Gasteiger partial charge on any atom is 0.254 e. The number of hydrogen-bond acceptors (Lipinski definition) is 6. The molecule has 0 radical (unpaired) electrons. The summed E-state index contributed by atoms with van der Waals surface area (Å²) >= 11 is 0. The molecule has 0 aromatic carbocycles. The quantitative estimate of drug-likeness (QED) is 0.816. The topological polar surface area (TPSA) is 90.0 Å². The number of aryl methyl sites for hydroxylation is 1. The normalized spacial score (nSPS) is 15.5. The van der Waals surface area contributed by atoms with Gasteiger partial charge in [-0.1, -0.05) is 0 Å². The Hall–Kier alpha value is -2.48. The molecule has 3 heterocycles. The second kappa shape index (κ2) is 7.39. The van der Waals surface area contributed by atoms with Crippen molar-refractivity contribution < 1.29 is 4.79 Å². The fraction of sp³-hybridized carbons (Fsp3) is 0.500. The zero-order valence-corrected chi connectivity index (χ0v) is 14.1. The van der Waals surface area contributed by atoms with Gasteiger partial charge in [-0.15, -0.1) is 0 Å². The molecule has 1 aliphatic heterocycles. The van der Waals surface area contributed by atoms with Gasteiger partial charge in [-0.05, 0) is 14.0 Å². The van der Waals surface area contributed by atoms with Crippen molar-refractivity contribution >= 4 is 11.9 Å². The molecule has 0 saturated carbocycles.